The summed E-state index contributed by atoms with van der Waals surface area (Å²) < 4.78 is 5.19. The lowest BCUT2D eigenvalue weighted by Crippen LogP contribution is -2.16. The van der Waals surface area contributed by atoms with E-state index in [9.17, 15) is 9.59 Å². The van der Waals surface area contributed by atoms with Crippen molar-refractivity contribution in [3.8, 4) is 10.4 Å². The summed E-state index contributed by atoms with van der Waals surface area (Å²) in [6, 6.07) is 9.75. The van der Waals surface area contributed by atoms with Gasteiger partial charge >= 0.3 is 5.97 Å². The third-order valence-corrected chi connectivity index (χ3v) is 5.78. The monoisotopic (exact) mass is 402 g/mol. The van der Waals surface area contributed by atoms with Crippen molar-refractivity contribution in [1.29, 1.82) is 0 Å². The van der Waals surface area contributed by atoms with Gasteiger partial charge in [-0.25, -0.2) is 9.78 Å². The summed E-state index contributed by atoms with van der Waals surface area (Å²) in [5, 5.41) is 10.3. The molecule has 7 nitrogen and oxygen atoms in total. The molecule has 140 valence electrons. The van der Waals surface area contributed by atoms with Crippen molar-refractivity contribution < 1.29 is 14.3 Å². The van der Waals surface area contributed by atoms with Gasteiger partial charge in [0.1, 0.15) is 11.3 Å². The number of aromatic nitrogens is 3. The highest BCUT2D eigenvalue weighted by Crippen LogP contribution is 2.40. The fourth-order valence-electron chi connectivity index (χ4n) is 2.48. The summed E-state index contributed by atoms with van der Waals surface area (Å²) in [5.41, 5.74) is 2.18. The minimum atomic E-state index is -0.438. The lowest BCUT2D eigenvalue weighted by Gasteiger charge is -2.06. The first-order chi connectivity index (χ1) is 13.1. The number of carbonyl (C=O) groups excluding carboxylic acids is 2. The largest absolute Gasteiger partial charge is 0.462 e. The summed E-state index contributed by atoms with van der Waals surface area (Å²) in [7, 11) is 0. The molecule has 0 aliphatic heterocycles. The number of ether oxygens (including phenoxy) is 1. The van der Waals surface area contributed by atoms with E-state index in [2.05, 4.69) is 20.5 Å². The van der Waals surface area contributed by atoms with E-state index in [0.717, 1.165) is 16.0 Å². The molecule has 0 atom stereocenters. The van der Waals surface area contributed by atoms with Crippen LogP contribution in [0.1, 0.15) is 22.8 Å². The van der Waals surface area contributed by atoms with Gasteiger partial charge in [0.25, 0.3) is 0 Å². The predicted molar refractivity (Wildman–Crippen MR) is 106 cm³/mol. The molecule has 2 heterocycles. The number of hydrogen-bond acceptors (Lipinski definition) is 7. The minimum Gasteiger partial charge on any atom is -0.462 e. The second-order valence-electron chi connectivity index (χ2n) is 5.47. The standard InChI is InChI=1S/C18H18N4O3S2/c1-3-25-17(24)14-11(2)15(12-7-5-4-6-8-12)27-16(14)21-13(23)9-26-18-19-10-20-22-18/h4-8,10H,3,9H2,1-2H3,(H,21,23)(H,19,20,22). The Kier molecular flexibility index (Phi) is 6.25. The van der Waals surface area contributed by atoms with Gasteiger partial charge in [-0.05, 0) is 25.0 Å². The van der Waals surface area contributed by atoms with Crippen LogP contribution in [0.3, 0.4) is 0 Å². The molecule has 0 saturated carbocycles. The van der Waals surface area contributed by atoms with Gasteiger partial charge in [0.2, 0.25) is 5.91 Å². The maximum Gasteiger partial charge on any atom is 0.341 e. The molecule has 3 rings (SSSR count). The van der Waals surface area contributed by atoms with E-state index in [0.29, 0.717) is 15.7 Å². The average Bonchev–Trinajstić information content (AvgIpc) is 3.29. The van der Waals surface area contributed by atoms with Crippen LogP contribution in [-0.2, 0) is 9.53 Å². The first kappa shape index (κ1) is 19.1. The van der Waals surface area contributed by atoms with Gasteiger partial charge in [0.05, 0.1) is 17.9 Å². The van der Waals surface area contributed by atoms with Crippen LogP contribution in [0.25, 0.3) is 10.4 Å². The van der Waals surface area contributed by atoms with Crippen LogP contribution in [0.5, 0.6) is 0 Å². The molecule has 0 spiro atoms. The van der Waals surface area contributed by atoms with Gasteiger partial charge in [0, 0.05) is 4.88 Å². The first-order valence-corrected chi connectivity index (χ1v) is 10.0. The Balaban J connectivity index is 1.85. The number of nitrogens with zero attached hydrogens (tertiary/aromatic N) is 2. The Bertz CT molecular complexity index is 924. The Labute approximate surface area is 164 Å². The molecule has 0 fully saturated rings. The van der Waals surface area contributed by atoms with E-state index in [-0.39, 0.29) is 18.3 Å². The highest BCUT2D eigenvalue weighted by Gasteiger charge is 2.24. The molecule has 2 N–H and O–H groups in total. The molecule has 0 aliphatic rings. The number of thiophene rings is 1. The molecule has 0 aliphatic carbocycles. The number of esters is 1. The number of amides is 1. The molecular formula is C18H18N4O3S2. The van der Waals surface area contributed by atoms with Gasteiger partial charge in [0.15, 0.2) is 5.16 Å². The topological polar surface area (TPSA) is 97.0 Å². The number of anilines is 1. The van der Waals surface area contributed by atoms with Gasteiger partial charge < -0.3 is 10.1 Å². The molecule has 0 bridgehead atoms. The summed E-state index contributed by atoms with van der Waals surface area (Å²) in [5.74, 6) is -0.524. The first-order valence-electron chi connectivity index (χ1n) is 8.24. The molecule has 9 heteroatoms. The number of rotatable bonds is 7. The van der Waals surface area contributed by atoms with E-state index in [1.54, 1.807) is 6.92 Å². The highest BCUT2D eigenvalue weighted by atomic mass is 32.2. The normalized spacial score (nSPS) is 10.6. The SMILES string of the molecule is CCOC(=O)c1c(NC(=O)CSc2ncn[nH]2)sc(-c2ccccc2)c1C. The Morgan fingerprint density at radius 1 is 1.30 bits per heavy atom. The Morgan fingerprint density at radius 3 is 2.74 bits per heavy atom. The number of carbonyl (C=O) groups is 2. The van der Waals surface area contributed by atoms with Gasteiger partial charge in [-0.1, -0.05) is 42.1 Å². The number of hydrogen-bond donors (Lipinski definition) is 2. The van der Waals surface area contributed by atoms with Crippen LogP contribution in [0.2, 0.25) is 0 Å². The highest BCUT2D eigenvalue weighted by molar-refractivity contribution is 7.99. The molecule has 0 radical (unpaired) electrons. The summed E-state index contributed by atoms with van der Waals surface area (Å²) in [4.78, 5) is 29.7. The van der Waals surface area contributed by atoms with Crippen LogP contribution in [-0.4, -0.2) is 39.4 Å². The number of thioether (sulfide) groups is 1. The number of H-pyrrole nitrogens is 1. The lowest BCUT2D eigenvalue weighted by atomic mass is 10.1. The maximum atomic E-state index is 12.5. The Morgan fingerprint density at radius 2 is 2.07 bits per heavy atom. The van der Waals surface area contributed by atoms with Gasteiger partial charge in [-0.2, -0.15) is 5.10 Å². The zero-order chi connectivity index (χ0) is 19.2. The van der Waals surface area contributed by atoms with Gasteiger partial charge in [-0.15, -0.1) is 11.3 Å². The van der Waals surface area contributed by atoms with E-state index < -0.39 is 5.97 Å². The molecule has 0 unspecified atom stereocenters. The van der Waals surface area contributed by atoms with Crippen molar-refractivity contribution in [3.63, 3.8) is 0 Å². The number of nitrogens with one attached hydrogen (secondary N) is 2. The van der Waals surface area contributed by atoms with Crippen LogP contribution >= 0.6 is 23.1 Å². The summed E-state index contributed by atoms with van der Waals surface area (Å²) in [6.45, 7) is 3.89. The minimum absolute atomic E-state index is 0.148. The molecule has 1 amide bonds. The van der Waals surface area contributed by atoms with E-state index >= 15 is 0 Å². The van der Waals surface area contributed by atoms with Crippen molar-refractivity contribution in [2.45, 2.75) is 19.0 Å². The number of benzene rings is 1. The Hall–Kier alpha value is -2.65. The molecule has 3 aromatic rings. The van der Waals surface area contributed by atoms with Crippen molar-refractivity contribution in [2.24, 2.45) is 0 Å². The van der Waals surface area contributed by atoms with Crippen molar-refractivity contribution in [3.05, 3.63) is 47.8 Å². The van der Waals surface area contributed by atoms with Gasteiger partial charge in [-0.3, -0.25) is 9.89 Å². The maximum absolute atomic E-state index is 12.5. The average molecular weight is 403 g/mol. The molecular weight excluding hydrogens is 384 g/mol. The van der Waals surface area contributed by atoms with Crippen molar-refractivity contribution >= 4 is 40.0 Å². The molecule has 0 saturated heterocycles. The van der Waals surface area contributed by atoms with Crippen LogP contribution in [0.15, 0.2) is 41.8 Å². The zero-order valence-corrected chi connectivity index (χ0v) is 16.4. The van der Waals surface area contributed by atoms with E-state index in [1.807, 2.05) is 37.3 Å². The second kappa shape index (κ2) is 8.83. The quantitative estimate of drug-likeness (QED) is 0.461. The van der Waals surface area contributed by atoms with Crippen LogP contribution < -0.4 is 5.32 Å². The van der Waals surface area contributed by atoms with Crippen LogP contribution in [0.4, 0.5) is 5.00 Å². The summed E-state index contributed by atoms with van der Waals surface area (Å²) >= 11 is 2.60. The lowest BCUT2D eigenvalue weighted by molar-refractivity contribution is -0.113. The van der Waals surface area contributed by atoms with E-state index in [1.165, 1.54) is 29.4 Å². The fourth-order valence-corrected chi connectivity index (χ4v) is 4.27. The van der Waals surface area contributed by atoms with Crippen molar-refractivity contribution in [1.82, 2.24) is 15.2 Å². The third kappa shape index (κ3) is 4.55. The third-order valence-electron chi connectivity index (χ3n) is 3.65. The second-order valence-corrected chi connectivity index (χ2v) is 7.46. The smallest absolute Gasteiger partial charge is 0.341 e. The summed E-state index contributed by atoms with van der Waals surface area (Å²) in [6.07, 6.45) is 1.38. The van der Waals surface area contributed by atoms with Crippen molar-refractivity contribution in [2.75, 3.05) is 17.7 Å². The zero-order valence-electron chi connectivity index (χ0n) is 14.8. The molecule has 1 aromatic carbocycles. The fraction of sp³-hybridized carbons (Fsp3) is 0.222. The number of aromatic amines is 1. The predicted octanol–water partition coefficient (Wildman–Crippen LogP) is 3.75. The molecule has 27 heavy (non-hydrogen) atoms. The molecule has 2 aromatic heterocycles. The van der Waals surface area contributed by atoms with Crippen LogP contribution in [0, 0.1) is 6.92 Å². The van der Waals surface area contributed by atoms with E-state index in [4.69, 9.17) is 4.74 Å².